The highest BCUT2D eigenvalue weighted by molar-refractivity contribution is 7.19. The zero-order valence-corrected chi connectivity index (χ0v) is 15.2. The molecule has 3 rings (SSSR count). The van der Waals surface area contributed by atoms with Crippen LogP contribution in [0.1, 0.15) is 17.5 Å². The minimum absolute atomic E-state index is 0.427. The summed E-state index contributed by atoms with van der Waals surface area (Å²) in [4.78, 5) is 28.5. The van der Waals surface area contributed by atoms with Crippen molar-refractivity contribution < 1.29 is 14.3 Å². The molecule has 1 unspecified atom stereocenters. The molecule has 3 aromatic rings. The number of nitrogens with one attached hydrogen (secondary N) is 1. The number of esters is 1. The van der Waals surface area contributed by atoms with Gasteiger partial charge in [-0.2, -0.15) is 5.26 Å². The number of benzene rings is 2. The predicted molar refractivity (Wildman–Crippen MR) is 104 cm³/mol. The number of hydrogen-bond donors (Lipinski definition) is 1. The summed E-state index contributed by atoms with van der Waals surface area (Å²) in [5.41, 5.74) is 1.76. The Morgan fingerprint density at radius 3 is 2.85 bits per heavy atom. The number of anilines is 1. The molecule has 134 valence electrons. The highest BCUT2D eigenvalue weighted by Gasteiger charge is 2.17. The SMILES string of the molecule is CC(OC(=O)/C=C/c1nc2ccccc2s1)C(=O)Nc1cccc(C#N)c1. The Hall–Kier alpha value is -3.50. The number of rotatable bonds is 5. The number of amides is 1. The third kappa shape index (κ3) is 4.77. The summed E-state index contributed by atoms with van der Waals surface area (Å²) >= 11 is 1.46. The molecule has 7 heteroatoms. The Bertz CT molecular complexity index is 1030. The van der Waals surface area contributed by atoms with E-state index in [9.17, 15) is 9.59 Å². The van der Waals surface area contributed by atoms with E-state index in [1.54, 1.807) is 30.3 Å². The smallest absolute Gasteiger partial charge is 0.331 e. The normalized spacial score (nSPS) is 11.9. The van der Waals surface area contributed by atoms with Gasteiger partial charge in [0, 0.05) is 11.8 Å². The number of carbonyl (C=O) groups excluding carboxylic acids is 2. The second kappa shape index (κ2) is 8.25. The first-order valence-corrected chi connectivity index (χ1v) is 8.92. The number of nitriles is 1. The molecule has 27 heavy (non-hydrogen) atoms. The summed E-state index contributed by atoms with van der Waals surface area (Å²) in [6.07, 6.45) is 1.83. The first-order valence-electron chi connectivity index (χ1n) is 8.10. The van der Waals surface area contributed by atoms with Gasteiger partial charge in [0.25, 0.3) is 5.91 Å². The lowest BCUT2D eigenvalue weighted by molar-refractivity contribution is -0.148. The fraction of sp³-hybridized carbons (Fsp3) is 0.100. The Balaban J connectivity index is 1.57. The lowest BCUT2D eigenvalue weighted by Gasteiger charge is -2.12. The number of ether oxygens (including phenoxy) is 1. The molecule has 1 N–H and O–H groups in total. The summed E-state index contributed by atoms with van der Waals surface area (Å²) in [5.74, 6) is -1.12. The van der Waals surface area contributed by atoms with E-state index >= 15 is 0 Å². The molecule has 0 saturated carbocycles. The molecule has 0 bridgehead atoms. The molecule has 1 heterocycles. The molecule has 1 atom stereocenters. The Kier molecular flexibility index (Phi) is 5.59. The lowest BCUT2D eigenvalue weighted by Crippen LogP contribution is -2.29. The van der Waals surface area contributed by atoms with E-state index in [1.807, 2.05) is 30.3 Å². The molecule has 0 spiro atoms. The average Bonchev–Trinajstić information content (AvgIpc) is 3.09. The van der Waals surface area contributed by atoms with E-state index in [2.05, 4.69) is 10.3 Å². The Labute approximate surface area is 159 Å². The van der Waals surface area contributed by atoms with Crippen LogP contribution in [-0.2, 0) is 14.3 Å². The van der Waals surface area contributed by atoms with E-state index in [4.69, 9.17) is 10.00 Å². The summed E-state index contributed by atoms with van der Waals surface area (Å²) in [6.45, 7) is 1.48. The van der Waals surface area contributed by atoms with Gasteiger partial charge in [-0.3, -0.25) is 4.79 Å². The standard InChI is InChI=1S/C20H15N3O3S/c1-13(20(25)22-15-6-4-5-14(11-15)12-21)26-19(24)10-9-18-23-16-7-2-3-8-17(16)27-18/h2-11,13H,1H3,(H,22,25)/b10-9+. The summed E-state index contributed by atoms with van der Waals surface area (Å²) in [7, 11) is 0. The number of thiazole rings is 1. The number of carbonyl (C=O) groups is 2. The number of nitrogens with zero attached hydrogens (tertiary/aromatic N) is 2. The van der Waals surface area contributed by atoms with Gasteiger partial charge in [0.1, 0.15) is 5.01 Å². The van der Waals surface area contributed by atoms with Gasteiger partial charge in [0.05, 0.1) is 21.8 Å². The van der Waals surface area contributed by atoms with Crippen molar-refractivity contribution in [3.63, 3.8) is 0 Å². The largest absolute Gasteiger partial charge is 0.449 e. The van der Waals surface area contributed by atoms with Gasteiger partial charge in [0.15, 0.2) is 6.10 Å². The minimum atomic E-state index is -0.983. The van der Waals surface area contributed by atoms with Crippen molar-refractivity contribution in [2.75, 3.05) is 5.32 Å². The average molecular weight is 377 g/mol. The first kappa shape index (κ1) is 18.3. The third-order valence-corrected chi connectivity index (χ3v) is 4.60. The highest BCUT2D eigenvalue weighted by atomic mass is 32.1. The van der Waals surface area contributed by atoms with Gasteiger partial charge in [-0.25, -0.2) is 9.78 Å². The first-order chi connectivity index (χ1) is 13.0. The van der Waals surface area contributed by atoms with Gasteiger partial charge in [-0.05, 0) is 43.3 Å². The van der Waals surface area contributed by atoms with E-state index in [0.29, 0.717) is 16.3 Å². The molecule has 1 aromatic heterocycles. The van der Waals surface area contributed by atoms with Gasteiger partial charge < -0.3 is 10.1 Å². The maximum Gasteiger partial charge on any atom is 0.331 e. The van der Waals surface area contributed by atoms with Crippen molar-refractivity contribution in [2.45, 2.75) is 13.0 Å². The summed E-state index contributed by atoms with van der Waals surface area (Å²) in [6, 6.07) is 16.2. The molecule has 6 nitrogen and oxygen atoms in total. The number of hydrogen-bond acceptors (Lipinski definition) is 6. The van der Waals surface area contributed by atoms with Crippen LogP contribution < -0.4 is 5.32 Å². The van der Waals surface area contributed by atoms with Gasteiger partial charge >= 0.3 is 5.97 Å². The van der Waals surface area contributed by atoms with E-state index in [-0.39, 0.29) is 0 Å². The maximum absolute atomic E-state index is 12.1. The molecule has 0 saturated heterocycles. The zero-order valence-electron chi connectivity index (χ0n) is 14.4. The van der Waals surface area contributed by atoms with Crippen molar-refractivity contribution in [3.8, 4) is 6.07 Å². The van der Waals surface area contributed by atoms with Crippen molar-refractivity contribution in [2.24, 2.45) is 0 Å². The molecule has 0 fully saturated rings. The van der Waals surface area contributed by atoms with Crippen LogP contribution in [-0.4, -0.2) is 23.0 Å². The van der Waals surface area contributed by atoms with E-state index in [1.165, 1.54) is 24.3 Å². The minimum Gasteiger partial charge on any atom is -0.449 e. The molecule has 0 aliphatic heterocycles. The molecule has 1 amide bonds. The third-order valence-electron chi connectivity index (χ3n) is 3.59. The molecule has 0 radical (unpaired) electrons. The fourth-order valence-electron chi connectivity index (χ4n) is 2.28. The van der Waals surface area contributed by atoms with Crippen LogP contribution in [0.5, 0.6) is 0 Å². The molecular weight excluding hydrogens is 362 g/mol. The Morgan fingerprint density at radius 2 is 2.07 bits per heavy atom. The van der Waals surface area contributed by atoms with E-state index in [0.717, 1.165) is 10.2 Å². The second-order valence-corrected chi connectivity index (χ2v) is 6.68. The van der Waals surface area contributed by atoms with Crippen LogP contribution in [0.4, 0.5) is 5.69 Å². The van der Waals surface area contributed by atoms with Crippen molar-refractivity contribution in [1.29, 1.82) is 5.26 Å². The molecule has 0 aliphatic rings. The van der Waals surface area contributed by atoms with Gasteiger partial charge in [-0.15, -0.1) is 11.3 Å². The van der Waals surface area contributed by atoms with Crippen LogP contribution in [0.25, 0.3) is 16.3 Å². The molecule has 0 aliphatic carbocycles. The van der Waals surface area contributed by atoms with E-state index < -0.39 is 18.0 Å². The number of para-hydroxylation sites is 1. The second-order valence-electron chi connectivity index (χ2n) is 5.61. The maximum atomic E-state index is 12.1. The molecule has 2 aromatic carbocycles. The van der Waals surface area contributed by atoms with Crippen molar-refractivity contribution >= 4 is 45.2 Å². The van der Waals surface area contributed by atoms with Gasteiger partial charge in [-0.1, -0.05) is 18.2 Å². The van der Waals surface area contributed by atoms with Crippen LogP contribution in [0, 0.1) is 11.3 Å². The lowest BCUT2D eigenvalue weighted by atomic mass is 10.2. The quantitative estimate of drug-likeness (QED) is 0.540. The highest BCUT2D eigenvalue weighted by Crippen LogP contribution is 2.22. The van der Waals surface area contributed by atoms with Gasteiger partial charge in [0.2, 0.25) is 0 Å². The summed E-state index contributed by atoms with van der Waals surface area (Å²) < 4.78 is 6.14. The predicted octanol–water partition coefficient (Wildman–Crippen LogP) is 3.75. The van der Waals surface area contributed by atoms with Crippen LogP contribution in [0.3, 0.4) is 0 Å². The van der Waals surface area contributed by atoms with Crippen molar-refractivity contribution in [3.05, 3.63) is 65.2 Å². The van der Waals surface area contributed by atoms with Crippen LogP contribution in [0.15, 0.2) is 54.6 Å². The Morgan fingerprint density at radius 1 is 1.26 bits per heavy atom. The zero-order chi connectivity index (χ0) is 19.2. The number of fused-ring (bicyclic) bond motifs is 1. The fourth-order valence-corrected chi connectivity index (χ4v) is 3.15. The monoisotopic (exact) mass is 377 g/mol. The van der Waals surface area contributed by atoms with Crippen LogP contribution in [0.2, 0.25) is 0 Å². The van der Waals surface area contributed by atoms with Crippen molar-refractivity contribution in [1.82, 2.24) is 4.98 Å². The summed E-state index contributed by atoms with van der Waals surface area (Å²) in [5, 5.41) is 12.2. The molecular formula is C20H15N3O3S. The van der Waals surface area contributed by atoms with Crippen LogP contribution >= 0.6 is 11.3 Å². The number of aromatic nitrogens is 1. The topological polar surface area (TPSA) is 92.1 Å².